The molecule has 0 radical (unpaired) electrons. The van der Waals surface area contributed by atoms with E-state index in [2.05, 4.69) is 9.88 Å². The molecule has 36 heavy (non-hydrogen) atoms. The first kappa shape index (κ1) is 25.1. The summed E-state index contributed by atoms with van der Waals surface area (Å²) < 4.78 is 13.9. The molecule has 0 aliphatic rings. The molecular formula is C29H31FN4O2. The van der Waals surface area contributed by atoms with Crippen LogP contribution in [0.1, 0.15) is 28.7 Å². The van der Waals surface area contributed by atoms with Gasteiger partial charge in [0.25, 0.3) is 0 Å². The number of H-pyrrole nitrogens is 1. The Morgan fingerprint density at radius 3 is 2.42 bits per heavy atom. The van der Waals surface area contributed by atoms with Gasteiger partial charge in [0.2, 0.25) is 5.91 Å². The molecule has 0 atom stereocenters. The summed E-state index contributed by atoms with van der Waals surface area (Å²) in [7, 11) is 7.53. The second-order valence-electron chi connectivity index (χ2n) is 9.39. The molecular weight excluding hydrogens is 455 g/mol. The van der Waals surface area contributed by atoms with Gasteiger partial charge < -0.3 is 19.9 Å². The van der Waals surface area contributed by atoms with E-state index in [0.717, 1.165) is 23.4 Å². The van der Waals surface area contributed by atoms with Gasteiger partial charge in [-0.2, -0.15) is 0 Å². The molecule has 0 bridgehead atoms. The Kier molecular flexibility index (Phi) is 7.50. The van der Waals surface area contributed by atoms with Crippen molar-refractivity contribution in [2.45, 2.75) is 19.4 Å². The van der Waals surface area contributed by atoms with Crippen LogP contribution in [0.5, 0.6) is 5.88 Å². The lowest BCUT2D eigenvalue weighted by atomic mass is 9.97. The minimum atomic E-state index is -0.391. The first-order valence-corrected chi connectivity index (χ1v) is 11.8. The van der Waals surface area contributed by atoms with E-state index in [1.54, 1.807) is 25.1 Å². The van der Waals surface area contributed by atoms with E-state index in [4.69, 9.17) is 4.99 Å². The number of aromatic hydroxyl groups is 1. The zero-order valence-electron chi connectivity index (χ0n) is 21.0. The molecule has 1 aromatic heterocycles. The molecule has 2 N–H and O–H groups in total. The van der Waals surface area contributed by atoms with Crippen LogP contribution in [0.4, 0.5) is 10.1 Å². The Labute approximate surface area is 210 Å². The van der Waals surface area contributed by atoms with Crippen LogP contribution in [0, 0.1) is 5.82 Å². The highest BCUT2D eigenvalue weighted by molar-refractivity contribution is 6.21. The summed E-state index contributed by atoms with van der Waals surface area (Å²) >= 11 is 0. The number of aryl methyl sites for hydroxylation is 1. The van der Waals surface area contributed by atoms with E-state index < -0.39 is 5.82 Å². The van der Waals surface area contributed by atoms with Gasteiger partial charge in [-0.05, 0) is 68.0 Å². The number of aromatic nitrogens is 1. The van der Waals surface area contributed by atoms with Crippen molar-refractivity contribution in [1.82, 2.24) is 14.8 Å². The van der Waals surface area contributed by atoms with Gasteiger partial charge in [-0.15, -0.1) is 0 Å². The number of carbonyl (C=O) groups is 1. The molecule has 0 aliphatic heterocycles. The number of benzene rings is 3. The van der Waals surface area contributed by atoms with Crippen LogP contribution in [-0.2, 0) is 17.8 Å². The lowest BCUT2D eigenvalue weighted by molar-refractivity contribution is -0.128. The highest BCUT2D eigenvalue weighted by Gasteiger charge is 2.19. The van der Waals surface area contributed by atoms with Crippen LogP contribution in [0.15, 0.2) is 71.7 Å². The van der Waals surface area contributed by atoms with Gasteiger partial charge >= 0.3 is 0 Å². The van der Waals surface area contributed by atoms with E-state index >= 15 is 0 Å². The fourth-order valence-corrected chi connectivity index (χ4v) is 4.18. The lowest BCUT2D eigenvalue weighted by Crippen LogP contribution is -2.21. The smallest absolute Gasteiger partial charge is 0.222 e. The third kappa shape index (κ3) is 5.80. The molecule has 4 rings (SSSR count). The average molecular weight is 487 g/mol. The number of hydrogen-bond acceptors (Lipinski definition) is 4. The van der Waals surface area contributed by atoms with Gasteiger partial charge in [0.1, 0.15) is 5.82 Å². The van der Waals surface area contributed by atoms with Crippen molar-refractivity contribution in [2.24, 2.45) is 4.99 Å². The van der Waals surface area contributed by atoms with Crippen LogP contribution in [0.25, 0.3) is 10.9 Å². The van der Waals surface area contributed by atoms with Gasteiger partial charge in [0.15, 0.2) is 5.88 Å². The van der Waals surface area contributed by atoms with Gasteiger partial charge in [0, 0.05) is 38.0 Å². The second kappa shape index (κ2) is 10.7. The van der Waals surface area contributed by atoms with Crippen LogP contribution in [0.2, 0.25) is 0 Å². The number of hydrogen-bond donors (Lipinski definition) is 2. The average Bonchev–Trinajstić information content (AvgIpc) is 3.16. The molecule has 4 aromatic rings. The number of amides is 1. The zero-order chi connectivity index (χ0) is 25.8. The summed E-state index contributed by atoms with van der Waals surface area (Å²) in [5, 5.41) is 11.5. The maximum absolute atomic E-state index is 13.9. The highest BCUT2D eigenvalue weighted by Crippen LogP contribution is 2.32. The summed E-state index contributed by atoms with van der Waals surface area (Å²) in [6, 6.07) is 20.2. The number of rotatable bonds is 8. The quantitative estimate of drug-likeness (QED) is 0.334. The topological polar surface area (TPSA) is 71.9 Å². The number of nitrogens with one attached hydrogen (secondary N) is 1. The van der Waals surface area contributed by atoms with Crippen molar-refractivity contribution in [3.05, 3.63) is 94.8 Å². The molecule has 3 aromatic carbocycles. The maximum atomic E-state index is 13.9. The van der Waals surface area contributed by atoms with E-state index in [9.17, 15) is 14.3 Å². The number of aromatic amines is 1. The first-order valence-electron chi connectivity index (χ1n) is 11.8. The van der Waals surface area contributed by atoms with Crippen molar-refractivity contribution in [1.29, 1.82) is 0 Å². The Hall–Kier alpha value is -3.97. The molecule has 7 heteroatoms. The Bertz CT molecular complexity index is 1400. The summed E-state index contributed by atoms with van der Waals surface area (Å²) in [6.07, 6.45) is 0.982. The third-order valence-electron chi connectivity index (χ3n) is 5.98. The fraction of sp³-hybridized carbons (Fsp3) is 0.241. The van der Waals surface area contributed by atoms with E-state index in [1.807, 2.05) is 62.6 Å². The summed E-state index contributed by atoms with van der Waals surface area (Å²) in [5.74, 6) is -0.409. The van der Waals surface area contributed by atoms with Crippen molar-refractivity contribution in [3.8, 4) is 5.88 Å². The maximum Gasteiger partial charge on any atom is 0.222 e. The molecule has 1 amide bonds. The number of aliphatic imine (C=N–C) groups is 1. The fourth-order valence-electron chi connectivity index (χ4n) is 4.18. The second-order valence-corrected chi connectivity index (χ2v) is 9.39. The number of carbonyl (C=O) groups excluding carboxylic acids is 1. The summed E-state index contributed by atoms with van der Waals surface area (Å²) in [5.41, 5.74) is 5.24. The number of nitrogens with zero attached hydrogens (tertiary/aromatic N) is 3. The largest absolute Gasteiger partial charge is 0.494 e. The molecule has 0 fully saturated rings. The van der Waals surface area contributed by atoms with Crippen LogP contribution < -0.4 is 0 Å². The van der Waals surface area contributed by atoms with E-state index in [-0.39, 0.29) is 11.8 Å². The van der Waals surface area contributed by atoms with Gasteiger partial charge in [-0.3, -0.25) is 4.79 Å². The zero-order valence-corrected chi connectivity index (χ0v) is 21.0. The van der Waals surface area contributed by atoms with Crippen LogP contribution >= 0.6 is 0 Å². The third-order valence-corrected chi connectivity index (χ3v) is 5.98. The number of halogens is 1. The molecule has 6 nitrogen and oxygen atoms in total. The molecule has 0 saturated heterocycles. The van der Waals surface area contributed by atoms with Crippen molar-refractivity contribution < 1.29 is 14.3 Å². The monoisotopic (exact) mass is 486 g/mol. The molecule has 0 saturated carbocycles. The SMILES string of the molecule is CN(C)Cc1ccc(N=C(c2cccc(CCC(=O)N(C)C)c2)c2c(O)[nH]c3cc(F)ccc23)cc1. The molecule has 186 valence electrons. The Morgan fingerprint density at radius 1 is 0.972 bits per heavy atom. The number of fused-ring (bicyclic) bond motifs is 1. The first-order chi connectivity index (χ1) is 17.2. The van der Waals surface area contributed by atoms with Crippen molar-refractivity contribution in [3.63, 3.8) is 0 Å². The molecule has 0 aliphatic carbocycles. The predicted molar refractivity (Wildman–Crippen MR) is 143 cm³/mol. The molecule has 0 unspecified atom stereocenters. The van der Waals surface area contributed by atoms with Gasteiger partial charge in [0.05, 0.1) is 22.5 Å². The lowest BCUT2D eigenvalue weighted by Gasteiger charge is -2.12. The van der Waals surface area contributed by atoms with Gasteiger partial charge in [-0.1, -0.05) is 30.3 Å². The minimum absolute atomic E-state index is 0.0587. The van der Waals surface area contributed by atoms with Crippen molar-refractivity contribution in [2.75, 3.05) is 28.2 Å². The van der Waals surface area contributed by atoms with E-state index in [1.165, 1.54) is 17.7 Å². The normalized spacial score (nSPS) is 11.9. The molecule has 0 spiro atoms. The summed E-state index contributed by atoms with van der Waals surface area (Å²) in [4.78, 5) is 23.6. The van der Waals surface area contributed by atoms with Crippen LogP contribution in [0.3, 0.4) is 0 Å². The van der Waals surface area contributed by atoms with Crippen molar-refractivity contribution >= 4 is 28.2 Å². The molecule has 1 heterocycles. The Morgan fingerprint density at radius 2 is 1.72 bits per heavy atom. The standard InChI is InChI=1S/C29H31FN4O2/c1-33(2)18-20-8-12-23(13-9-20)31-28(27-24-14-11-22(30)17-25(24)32-29(27)36)21-7-5-6-19(16-21)10-15-26(35)34(3)4/h5-9,11-14,16-17,32,36H,10,15,18H2,1-4H3. The van der Waals surface area contributed by atoms with Gasteiger partial charge in [-0.25, -0.2) is 9.38 Å². The van der Waals surface area contributed by atoms with Crippen LogP contribution in [-0.4, -0.2) is 59.7 Å². The Balaban J connectivity index is 1.80. The highest BCUT2D eigenvalue weighted by atomic mass is 19.1. The van der Waals surface area contributed by atoms with E-state index in [0.29, 0.717) is 35.0 Å². The minimum Gasteiger partial charge on any atom is -0.494 e. The predicted octanol–water partition coefficient (Wildman–Crippen LogP) is 5.26. The summed E-state index contributed by atoms with van der Waals surface area (Å²) in [6.45, 7) is 0.819.